The summed E-state index contributed by atoms with van der Waals surface area (Å²) >= 11 is 0. The highest BCUT2D eigenvalue weighted by Crippen LogP contribution is 2.30. The largest absolute Gasteiger partial charge is 0.486 e. The molecular formula is C16H22N2O3. The summed E-state index contributed by atoms with van der Waals surface area (Å²) in [5, 5.41) is 2.96. The molecule has 2 unspecified atom stereocenters. The molecule has 1 saturated heterocycles. The molecule has 2 amide bonds. The molecule has 2 atom stereocenters. The summed E-state index contributed by atoms with van der Waals surface area (Å²) in [4.78, 5) is 14.0. The fraction of sp³-hybridized carbons (Fsp3) is 0.562. The van der Waals surface area contributed by atoms with Gasteiger partial charge in [0.25, 0.3) is 0 Å². The summed E-state index contributed by atoms with van der Waals surface area (Å²) in [6.45, 7) is 4.82. The predicted molar refractivity (Wildman–Crippen MR) is 79.7 cm³/mol. The molecule has 2 aliphatic rings. The fourth-order valence-corrected chi connectivity index (χ4v) is 2.85. The SMILES string of the molecule is CC1CCCN(C(=O)NCC2COc3ccccc3O2)C1. The number of ether oxygens (including phenoxy) is 2. The van der Waals surface area contributed by atoms with Crippen molar-refractivity contribution in [2.24, 2.45) is 5.92 Å². The zero-order valence-electron chi connectivity index (χ0n) is 12.4. The van der Waals surface area contributed by atoms with Crippen LogP contribution in [0.2, 0.25) is 0 Å². The van der Waals surface area contributed by atoms with E-state index in [0.29, 0.717) is 19.1 Å². The number of fused-ring (bicyclic) bond motifs is 1. The maximum Gasteiger partial charge on any atom is 0.317 e. The molecular weight excluding hydrogens is 268 g/mol. The number of likely N-dealkylation sites (tertiary alicyclic amines) is 1. The van der Waals surface area contributed by atoms with Gasteiger partial charge in [-0.1, -0.05) is 19.1 Å². The Hall–Kier alpha value is -1.91. The van der Waals surface area contributed by atoms with E-state index in [1.807, 2.05) is 29.2 Å². The number of hydrogen-bond donors (Lipinski definition) is 1. The predicted octanol–water partition coefficient (Wildman–Crippen LogP) is 2.27. The number of carbonyl (C=O) groups excluding carboxylic acids is 1. The molecule has 3 rings (SSSR count). The lowest BCUT2D eigenvalue weighted by atomic mass is 10.0. The van der Waals surface area contributed by atoms with Crippen molar-refractivity contribution in [2.75, 3.05) is 26.2 Å². The highest BCUT2D eigenvalue weighted by Gasteiger charge is 2.24. The maximum absolute atomic E-state index is 12.2. The quantitative estimate of drug-likeness (QED) is 0.909. The third kappa shape index (κ3) is 3.40. The van der Waals surface area contributed by atoms with Gasteiger partial charge in [0.2, 0.25) is 0 Å². The fourth-order valence-electron chi connectivity index (χ4n) is 2.85. The lowest BCUT2D eigenvalue weighted by Crippen LogP contribution is -2.48. The van der Waals surface area contributed by atoms with Crippen molar-refractivity contribution >= 4 is 6.03 Å². The summed E-state index contributed by atoms with van der Waals surface area (Å²) in [6.07, 6.45) is 2.16. The van der Waals surface area contributed by atoms with E-state index in [-0.39, 0.29) is 12.1 Å². The number of nitrogens with zero attached hydrogens (tertiary/aromatic N) is 1. The van der Waals surface area contributed by atoms with Gasteiger partial charge < -0.3 is 19.7 Å². The molecule has 0 radical (unpaired) electrons. The van der Waals surface area contributed by atoms with E-state index in [1.54, 1.807) is 0 Å². The van der Waals surface area contributed by atoms with Crippen LogP contribution in [0.3, 0.4) is 0 Å². The number of piperidine rings is 1. The normalized spacial score (nSPS) is 24.5. The van der Waals surface area contributed by atoms with E-state index in [4.69, 9.17) is 9.47 Å². The first-order chi connectivity index (χ1) is 10.2. The van der Waals surface area contributed by atoms with Crippen LogP contribution in [0.1, 0.15) is 19.8 Å². The molecule has 5 nitrogen and oxygen atoms in total. The van der Waals surface area contributed by atoms with Crippen molar-refractivity contribution in [2.45, 2.75) is 25.9 Å². The summed E-state index contributed by atoms with van der Waals surface area (Å²) in [6, 6.07) is 7.61. The van der Waals surface area contributed by atoms with E-state index in [9.17, 15) is 4.79 Å². The summed E-state index contributed by atoms with van der Waals surface area (Å²) < 4.78 is 11.5. The first kappa shape index (κ1) is 14.0. The topological polar surface area (TPSA) is 50.8 Å². The van der Waals surface area contributed by atoms with Crippen molar-refractivity contribution in [3.05, 3.63) is 24.3 Å². The van der Waals surface area contributed by atoms with Gasteiger partial charge in [-0.3, -0.25) is 0 Å². The highest BCUT2D eigenvalue weighted by molar-refractivity contribution is 5.74. The summed E-state index contributed by atoms with van der Waals surface area (Å²) in [5.74, 6) is 2.10. The van der Waals surface area contributed by atoms with Crippen LogP contribution in [-0.4, -0.2) is 43.3 Å². The Labute approximate surface area is 125 Å². The van der Waals surface area contributed by atoms with Gasteiger partial charge in [-0.25, -0.2) is 4.79 Å². The second kappa shape index (κ2) is 6.24. The Morgan fingerprint density at radius 2 is 2.19 bits per heavy atom. The Balaban J connectivity index is 1.49. The van der Waals surface area contributed by atoms with Gasteiger partial charge >= 0.3 is 6.03 Å². The van der Waals surface area contributed by atoms with Crippen LogP contribution in [0, 0.1) is 5.92 Å². The highest BCUT2D eigenvalue weighted by atomic mass is 16.6. The van der Waals surface area contributed by atoms with Gasteiger partial charge in [0.15, 0.2) is 17.6 Å². The van der Waals surface area contributed by atoms with Crippen LogP contribution in [0.25, 0.3) is 0 Å². The minimum absolute atomic E-state index is 0.00371. The Bertz CT molecular complexity index is 506. The standard InChI is InChI=1S/C16H22N2O3/c1-12-5-4-8-18(10-12)16(19)17-9-13-11-20-14-6-2-3-7-15(14)21-13/h2-3,6-7,12-13H,4-5,8-11H2,1H3,(H,17,19). The minimum atomic E-state index is -0.133. The zero-order valence-corrected chi connectivity index (χ0v) is 12.4. The van der Waals surface area contributed by atoms with Crippen molar-refractivity contribution < 1.29 is 14.3 Å². The van der Waals surface area contributed by atoms with E-state index in [2.05, 4.69) is 12.2 Å². The van der Waals surface area contributed by atoms with E-state index in [1.165, 1.54) is 6.42 Å². The molecule has 114 valence electrons. The van der Waals surface area contributed by atoms with Gasteiger partial charge in [0.05, 0.1) is 6.54 Å². The van der Waals surface area contributed by atoms with Crippen molar-refractivity contribution in [3.63, 3.8) is 0 Å². The number of carbonyl (C=O) groups is 1. The molecule has 21 heavy (non-hydrogen) atoms. The number of rotatable bonds is 2. The number of urea groups is 1. The monoisotopic (exact) mass is 290 g/mol. The van der Waals surface area contributed by atoms with Crippen LogP contribution >= 0.6 is 0 Å². The Kier molecular flexibility index (Phi) is 4.18. The summed E-state index contributed by atoms with van der Waals surface area (Å²) in [5.41, 5.74) is 0. The number of nitrogens with one attached hydrogen (secondary N) is 1. The van der Waals surface area contributed by atoms with Gasteiger partial charge in [-0.15, -0.1) is 0 Å². The first-order valence-electron chi connectivity index (χ1n) is 7.63. The zero-order chi connectivity index (χ0) is 14.7. The number of amides is 2. The van der Waals surface area contributed by atoms with Crippen molar-refractivity contribution in [1.29, 1.82) is 0 Å². The average molecular weight is 290 g/mol. The molecule has 0 saturated carbocycles. The third-order valence-corrected chi connectivity index (χ3v) is 3.99. The van der Waals surface area contributed by atoms with E-state index < -0.39 is 0 Å². The number of hydrogen-bond acceptors (Lipinski definition) is 3. The smallest absolute Gasteiger partial charge is 0.317 e. The van der Waals surface area contributed by atoms with E-state index >= 15 is 0 Å². The second-order valence-corrected chi connectivity index (χ2v) is 5.88. The van der Waals surface area contributed by atoms with E-state index in [0.717, 1.165) is 31.0 Å². The summed E-state index contributed by atoms with van der Waals surface area (Å²) in [7, 11) is 0. The molecule has 1 aromatic rings. The Morgan fingerprint density at radius 1 is 1.38 bits per heavy atom. The third-order valence-electron chi connectivity index (χ3n) is 3.99. The van der Waals surface area contributed by atoms with Crippen LogP contribution in [0.15, 0.2) is 24.3 Å². The average Bonchev–Trinajstić information content (AvgIpc) is 2.52. The van der Waals surface area contributed by atoms with Crippen LogP contribution in [-0.2, 0) is 0 Å². The molecule has 1 aromatic carbocycles. The van der Waals surface area contributed by atoms with Gasteiger partial charge in [0.1, 0.15) is 6.61 Å². The Morgan fingerprint density at radius 3 is 3.00 bits per heavy atom. The molecule has 2 heterocycles. The molecule has 0 bridgehead atoms. The number of benzene rings is 1. The van der Waals surface area contributed by atoms with Crippen molar-refractivity contribution in [1.82, 2.24) is 10.2 Å². The van der Waals surface area contributed by atoms with Gasteiger partial charge in [-0.2, -0.15) is 0 Å². The van der Waals surface area contributed by atoms with Gasteiger partial charge in [0, 0.05) is 13.1 Å². The molecule has 1 N–H and O–H groups in total. The minimum Gasteiger partial charge on any atom is -0.486 e. The lowest BCUT2D eigenvalue weighted by Gasteiger charge is -2.32. The molecule has 0 aromatic heterocycles. The van der Waals surface area contributed by atoms with Gasteiger partial charge in [-0.05, 0) is 30.9 Å². The lowest BCUT2D eigenvalue weighted by molar-refractivity contribution is 0.0890. The molecule has 2 aliphatic heterocycles. The number of para-hydroxylation sites is 2. The molecule has 1 fully saturated rings. The van der Waals surface area contributed by atoms with Crippen LogP contribution in [0.5, 0.6) is 11.5 Å². The maximum atomic E-state index is 12.2. The molecule has 5 heteroatoms. The first-order valence-corrected chi connectivity index (χ1v) is 7.63. The molecule has 0 spiro atoms. The van der Waals surface area contributed by atoms with Crippen LogP contribution in [0.4, 0.5) is 4.79 Å². The van der Waals surface area contributed by atoms with Crippen molar-refractivity contribution in [3.8, 4) is 11.5 Å². The van der Waals surface area contributed by atoms with Crippen LogP contribution < -0.4 is 14.8 Å². The second-order valence-electron chi connectivity index (χ2n) is 5.88. The molecule has 0 aliphatic carbocycles.